The number of quaternary nitrogens is 1. The molecule has 0 rings (SSSR count). The third-order valence-corrected chi connectivity index (χ3v) is 5.29. The number of carbonyl (C=O) groups is 2. The van der Waals surface area contributed by atoms with E-state index in [4.69, 9.17) is 4.74 Å². The average molecular weight is 477 g/mol. The number of phosphoric ester groups is 1. The van der Waals surface area contributed by atoms with Crippen LogP contribution in [0.25, 0.3) is 0 Å². The molecule has 0 aliphatic carbocycles. The van der Waals surface area contributed by atoms with Crippen molar-refractivity contribution in [1.29, 1.82) is 0 Å². The standard InChI is InChI=1S/C19H38NO9P.Na/c1-2-3-4-5-6-7-8-9-10-11-12-18(22)27-13-16(21)14-28-30(25,26)29-15-17(20)19(23)24;/h16-17,21H,2-15,20H2,1H3,(H,23,24)(H,25,26);/q;+1/p-1/t16-,17+;/m1./s1. The Kier molecular flexibility index (Phi) is 22.0. The van der Waals surface area contributed by atoms with Gasteiger partial charge in [0.1, 0.15) is 31.3 Å². The van der Waals surface area contributed by atoms with E-state index < -0.39 is 51.7 Å². The molecule has 0 saturated heterocycles. The molecule has 0 fully saturated rings. The smallest absolute Gasteiger partial charge is 0.756 e. The van der Waals surface area contributed by atoms with Crippen molar-refractivity contribution in [2.24, 2.45) is 0 Å². The van der Waals surface area contributed by atoms with Crippen molar-refractivity contribution in [3.05, 3.63) is 0 Å². The molecule has 0 bridgehead atoms. The molecule has 0 saturated carbocycles. The summed E-state index contributed by atoms with van der Waals surface area (Å²) >= 11 is 0. The molecule has 0 aromatic heterocycles. The van der Waals surface area contributed by atoms with Gasteiger partial charge in [-0.2, -0.15) is 0 Å². The fourth-order valence-corrected chi connectivity index (χ4v) is 3.32. The Bertz CT molecular complexity index is 525. The predicted molar refractivity (Wildman–Crippen MR) is 105 cm³/mol. The summed E-state index contributed by atoms with van der Waals surface area (Å²) < 4.78 is 25.1. The van der Waals surface area contributed by atoms with E-state index in [9.17, 15) is 29.3 Å². The van der Waals surface area contributed by atoms with Crippen LogP contribution in [0.5, 0.6) is 0 Å². The number of phosphoric acid groups is 1. The van der Waals surface area contributed by atoms with Crippen LogP contribution in [0.1, 0.15) is 77.6 Å². The summed E-state index contributed by atoms with van der Waals surface area (Å²) in [6.07, 6.45) is 10.4. The van der Waals surface area contributed by atoms with Gasteiger partial charge in [0.25, 0.3) is 7.82 Å². The number of aliphatic carboxylic acids is 1. The maximum Gasteiger partial charge on any atom is 1.00 e. The van der Waals surface area contributed by atoms with Crippen molar-refractivity contribution in [2.75, 3.05) is 19.8 Å². The summed E-state index contributed by atoms with van der Waals surface area (Å²) in [6, 6.07) is -1.38. The molecular weight excluding hydrogens is 440 g/mol. The van der Waals surface area contributed by atoms with Crippen LogP contribution in [-0.4, -0.2) is 49.0 Å². The number of carboxylic acids is 1. The van der Waals surface area contributed by atoms with Gasteiger partial charge in [-0.1, -0.05) is 64.7 Å². The summed E-state index contributed by atoms with van der Waals surface area (Å²) in [6.45, 7) is 0.365. The first kappa shape index (κ1) is 33.1. The second-order valence-corrected chi connectivity index (χ2v) is 8.73. The predicted octanol–water partition coefficient (Wildman–Crippen LogP) is -2.93. The molecule has 0 heterocycles. The molecule has 0 aromatic rings. The van der Waals surface area contributed by atoms with Crippen LogP contribution < -0.4 is 45.3 Å². The first-order chi connectivity index (χ1) is 14.2. The van der Waals surface area contributed by atoms with Crippen LogP contribution in [0.4, 0.5) is 0 Å². The number of esters is 1. The zero-order valence-corrected chi connectivity index (χ0v) is 21.8. The molecule has 178 valence electrons. The molecule has 3 atom stereocenters. The van der Waals surface area contributed by atoms with E-state index in [0.29, 0.717) is 6.42 Å². The number of hydrogen-bond donors (Lipinski definition) is 2. The zero-order valence-electron chi connectivity index (χ0n) is 18.9. The molecule has 10 nitrogen and oxygen atoms in total. The summed E-state index contributed by atoms with van der Waals surface area (Å²) in [5, 5.41) is 20.1. The van der Waals surface area contributed by atoms with Crippen LogP contribution in [-0.2, 0) is 27.9 Å². The van der Waals surface area contributed by atoms with Crippen molar-refractivity contribution in [2.45, 2.75) is 89.7 Å². The number of carbonyl (C=O) groups excluding carboxylic acids is 2. The number of aliphatic hydroxyl groups excluding tert-OH is 1. The van der Waals surface area contributed by atoms with Crippen LogP contribution >= 0.6 is 7.82 Å². The molecular formula is C19H37NNaO9P. The number of rotatable bonds is 20. The van der Waals surface area contributed by atoms with Gasteiger partial charge in [0, 0.05) is 6.42 Å². The Morgan fingerprint density at radius 2 is 1.42 bits per heavy atom. The van der Waals surface area contributed by atoms with Gasteiger partial charge in [-0.25, -0.2) is 0 Å². The van der Waals surface area contributed by atoms with Crippen molar-refractivity contribution >= 4 is 19.8 Å². The van der Waals surface area contributed by atoms with Gasteiger partial charge in [0.15, 0.2) is 0 Å². The van der Waals surface area contributed by atoms with Crippen LogP contribution in [0.3, 0.4) is 0 Å². The van der Waals surface area contributed by atoms with Gasteiger partial charge in [-0.15, -0.1) is 0 Å². The van der Waals surface area contributed by atoms with Crippen molar-refractivity contribution < 1.29 is 78.3 Å². The second-order valence-electron chi connectivity index (χ2n) is 7.32. The topological polar surface area (TPSA) is 173 Å². The molecule has 0 aliphatic rings. The van der Waals surface area contributed by atoms with E-state index in [1.54, 1.807) is 0 Å². The molecule has 4 N–H and O–H groups in total. The maximum atomic E-state index is 11.6. The van der Waals surface area contributed by atoms with Crippen LogP contribution in [0.15, 0.2) is 0 Å². The fraction of sp³-hybridized carbons (Fsp3) is 0.895. The van der Waals surface area contributed by atoms with E-state index >= 15 is 0 Å². The summed E-state index contributed by atoms with van der Waals surface area (Å²) in [5.41, 5.74) is 3.13. The Balaban J connectivity index is 0. The SMILES string of the molecule is CCCCCCCCCCCCC(=O)OC[C@@H](O)COP(=O)([O-])OC[C@H]([NH3+])C(=O)[O-].[Na+]. The van der Waals surface area contributed by atoms with E-state index in [2.05, 4.69) is 21.7 Å². The van der Waals surface area contributed by atoms with Gasteiger partial charge < -0.3 is 39.4 Å². The Morgan fingerprint density at radius 3 is 1.94 bits per heavy atom. The normalized spacial score (nSPS) is 14.8. The summed E-state index contributed by atoms with van der Waals surface area (Å²) in [5.74, 6) is -2.03. The van der Waals surface area contributed by atoms with Gasteiger partial charge in [0.2, 0.25) is 0 Å². The first-order valence-corrected chi connectivity index (χ1v) is 12.1. The molecule has 0 aromatic carbocycles. The van der Waals surface area contributed by atoms with Gasteiger partial charge in [-0.3, -0.25) is 9.36 Å². The Hall–Kier alpha value is -0.0300. The third kappa shape index (κ3) is 21.6. The average Bonchev–Trinajstić information content (AvgIpc) is 2.70. The van der Waals surface area contributed by atoms with E-state index in [1.807, 2.05) is 0 Å². The van der Waals surface area contributed by atoms with Gasteiger partial charge >= 0.3 is 35.5 Å². The minimum Gasteiger partial charge on any atom is -0.756 e. The number of hydrogen-bond acceptors (Lipinski definition) is 9. The molecule has 0 spiro atoms. The summed E-state index contributed by atoms with van der Waals surface area (Å²) in [4.78, 5) is 33.5. The second kappa shape index (κ2) is 20.6. The monoisotopic (exact) mass is 477 g/mol. The summed E-state index contributed by atoms with van der Waals surface area (Å²) in [7, 11) is -4.81. The fourth-order valence-electron chi connectivity index (χ4n) is 2.53. The maximum absolute atomic E-state index is 11.6. The Labute approximate surface area is 207 Å². The molecule has 0 amide bonds. The Morgan fingerprint density at radius 1 is 0.935 bits per heavy atom. The van der Waals surface area contributed by atoms with E-state index in [0.717, 1.165) is 19.3 Å². The minimum atomic E-state index is -4.81. The number of unbranched alkanes of at least 4 members (excludes halogenated alkanes) is 9. The van der Waals surface area contributed by atoms with Gasteiger partial charge in [-0.05, 0) is 6.42 Å². The van der Waals surface area contributed by atoms with E-state index in [-0.39, 0.29) is 36.0 Å². The first-order valence-electron chi connectivity index (χ1n) is 10.7. The largest absolute Gasteiger partial charge is 1.00 e. The number of ether oxygens (including phenoxy) is 1. The molecule has 0 radical (unpaired) electrons. The minimum absolute atomic E-state index is 0. The number of carboxylic acid groups (broad SMARTS) is 1. The van der Waals surface area contributed by atoms with Crippen molar-refractivity contribution in [1.82, 2.24) is 0 Å². The van der Waals surface area contributed by atoms with Crippen molar-refractivity contribution in [3.8, 4) is 0 Å². The van der Waals surface area contributed by atoms with Crippen LogP contribution in [0.2, 0.25) is 0 Å². The molecule has 1 unspecified atom stereocenters. The molecule has 31 heavy (non-hydrogen) atoms. The third-order valence-electron chi connectivity index (χ3n) is 4.36. The van der Waals surface area contributed by atoms with E-state index in [1.165, 1.54) is 38.5 Å². The molecule has 0 aliphatic heterocycles. The quantitative estimate of drug-likeness (QED) is 0.0805. The molecule has 12 heteroatoms. The van der Waals surface area contributed by atoms with Crippen molar-refractivity contribution in [3.63, 3.8) is 0 Å². The van der Waals surface area contributed by atoms with Crippen LogP contribution in [0, 0.1) is 0 Å². The zero-order chi connectivity index (χ0) is 22.8. The number of aliphatic hydroxyl groups is 1. The van der Waals surface area contributed by atoms with Gasteiger partial charge in [0.05, 0.1) is 6.61 Å².